The van der Waals surface area contributed by atoms with E-state index in [9.17, 15) is 4.79 Å². The summed E-state index contributed by atoms with van der Waals surface area (Å²) in [6.45, 7) is -0.436. The third-order valence-corrected chi connectivity index (χ3v) is 2.59. The Morgan fingerprint density at radius 2 is 1.88 bits per heavy atom. The van der Waals surface area contributed by atoms with Crippen LogP contribution in [0, 0.1) is 0 Å². The molecule has 0 aliphatic rings. The minimum absolute atomic E-state index is 0.0634. The fraction of sp³-hybridized carbons (Fsp3) is 0.222. The van der Waals surface area contributed by atoms with Crippen LogP contribution in [0.3, 0.4) is 0 Å². The zero-order valence-electron chi connectivity index (χ0n) is 8.05. The number of benzene rings is 1. The zero-order chi connectivity index (χ0) is 13.1. The van der Waals surface area contributed by atoms with E-state index in [4.69, 9.17) is 62.7 Å². The predicted octanol–water partition coefficient (Wildman–Crippen LogP) is 4.88. The van der Waals surface area contributed by atoms with Crippen LogP contribution in [0.25, 0.3) is 0 Å². The van der Waals surface area contributed by atoms with Crippen LogP contribution in [0.4, 0.5) is 4.79 Å². The summed E-state index contributed by atoms with van der Waals surface area (Å²) in [5, 5.41) is 0.346. The molecule has 17 heavy (non-hydrogen) atoms. The van der Waals surface area contributed by atoms with E-state index in [1.807, 2.05) is 0 Å². The van der Waals surface area contributed by atoms with E-state index in [0.29, 0.717) is 0 Å². The van der Waals surface area contributed by atoms with Crippen LogP contribution >= 0.6 is 58.0 Å². The van der Waals surface area contributed by atoms with Gasteiger partial charge in [-0.2, -0.15) is 0 Å². The average Bonchev–Trinajstić information content (AvgIpc) is 2.21. The van der Waals surface area contributed by atoms with Crippen LogP contribution in [0.1, 0.15) is 0 Å². The second-order valence-corrected chi connectivity index (χ2v) is 6.11. The Morgan fingerprint density at radius 1 is 1.24 bits per heavy atom. The van der Waals surface area contributed by atoms with Crippen LogP contribution in [-0.2, 0) is 4.74 Å². The molecule has 0 N–H and O–H groups in total. The van der Waals surface area contributed by atoms with E-state index < -0.39 is 16.6 Å². The van der Waals surface area contributed by atoms with Gasteiger partial charge in [0.15, 0.2) is 5.75 Å². The molecule has 0 saturated carbocycles. The van der Waals surface area contributed by atoms with Gasteiger partial charge in [0, 0.05) is 0 Å². The minimum atomic E-state index is -1.70. The molecule has 0 atom stereocenters. The van der Waals surface area contributed by atoms with Crippen molar-refractivity contribution in [3.63, 3.8) is 0 Å². The first kappa shape index (κ1) is 15.0. The van der Waals surface area contributed by atoms with Crippen LogP contribution in [0.5, 0.6) is 5.75 Å². The molecule has 1 aromatic rings. The number of rotatable bonds is 2. The molecular weight excluding hydrogens is 333 g/mol. The van der Waals surface area contributed by atoms with Gasteiger partial charge < -0.3 is 9.47 Å². The molecule has 0 aromatic heterocycles. The molecule has 3 nitrogen and oxygen atoms in total. The highest BCUT2D eigenvalue weighted by molar-refractivity contribution is 6.67. The number of halogens is 5. The normalized spacial score (nSPS) is 11.1. The minimum Gasteiger partial charge on any atom is -0.429 e. The van der Waals surface area contributed by atoms with Crippen molar-refractivity contribution in [2.45, 2.75) is 3.79 Å². The predicted molar refractivity (Wildman–Crippen MR) is 68.7 cm³/mol. The van der Waals surface area contributed by atoms with Gasteiger partial charge in [-0.05, 0) is 12.1 Å². The van der Waals surface area contributed by atoms with Crippen LogP contribution in [0.2, 0.25) is 10.0 Å². The average molecular weight is 338 g/mol. The van der Waals surface area contributed by atoms with E-state index >= 15 is 0 Å². The Bertz CT molecular complexity index is 416. The highest BCUT2D eigenvalue weighted by Crippen LogP contribution is 2.32. The molecule has 0 unspecified atom stereocenters. The molecule has 1 aromatic carbocycles. The summed E-state index contributed by atoms with van der Waals surface area (Å²) in [6.07, 6.45) is -1.04. The summed E-state index contributed by atoms with van der Waals surface area (Å²) in [6, 6.07) is 4.56. The van der Waals surface area contributed by atoms with Gasteiger partial charge in [-0.1, -0.05) is 64.1 Å². The first-order valence-corrected chi connectivity index (χ1v) is 6.04. The van der Waals surface area contributed by atoms with E-state index in [1.54, 1.807) is 12.1 Å². The van der Waals surface area contributed by atoms with Gasteiger partial charge in [0.05, 0.1) is 5.02 Å². The summed E-state index contributed by atoms with van der Waals surface area (Å²) in [4.78, 5) is 11.2. The van der Waals surface area contributed by atoms with E-state index in [1.165, 1.54) is 6.07 Å². The lowest BCUT2D eigenvalue weighted by molar-refractivity contribution is 0.101. The molecule has 0 heterocycles. The summed E-state index contributed by atoms with van der Waals surface area (Å²) in [7, 11) is 0. The van der Waals surface area contributed by atoms with E-state index in [0.717, 1.165) is 0 Å². The molecule has 0 saturated heterocycles. The van der Waals surface area contributed by atoms with Crippen molar-refractivity contribution in [1.29, 1.82) is 0 Å². The number of ether oxygens (including phenoxy) is 2. The second kappa shape index (κ2) is 6.21. The van der Waals surface area contributed by atoms with Gasteiger partial charge in [-0.15, -0.1) is 0 Å². The van der Waals surface area contributed by atoms with Gasteiger partial charge >= 0.3 is 6.16 Å². The van der Waals surface area contributed by atoms with Gasteiger partial charge in [-0.25, -0.2) is 4.79 Å². The maximum absolute atomic E-state index is 11.2. The summed E-state index contributed by atoms with van der Waals surface area (Å²) in [5.74, 6) is 0.0634. The zero-order valence-corrected chi connectivity index (χ0v) is 11.8. The largest absolute Gasteiger partial charge is 0.514 e. The van der Waals surface area contributed by atoms with E-state index in [-0.39, 0.29) is 15.8 Å². The first-order chi connectivity index (χ1) is 7.79. The lowest BCUT2D eigenvalue weighted by atomic mass is 10.3. The molecule has 0 fully saturated rings. The molecule has 1 rings (SSSR count). The number of hydrogen-bond donors (Lipinski definition) is 0. The van der Waals surface area contributed by atoms with Crippen molar-refractivity contribution >= 4 is 64.2 Å². The lowest BCUT2D eigenvalue weighted by Crippen LogP contribution is -2.19. The summed E-state index contributed by atoms with van der Waals surface area (Å²) >= 11 is 27.7. The number of carbonyl (C=O) groups is 1. The Hall–Kier alpha value is -0.0600. The smallest absolute Gasteiger partial charge is 0.429 e. The summed E-state index contributed by atoms with van der Waals surface area (Å²) < 4.78 is 7.62. The Kier molecular flexibility index (Phi) is 5.48. The van der Waals surface area contributed by atoms with Crippen LogP contribution in [0.15, 0.2) is 18.2 Å². The topological polar surface area (TPSA) is 35.5 Å². The fourth-order valence-corrected chi connectivity index (χ4v) is 1.32. The Balaban J connectivity index is 2.60. The maximum Gasteiger partial charge on any atom is 0.514 e. The highest BCUT2D eigenvalue weighted by atomic mass is 35.6. The van der Waals surface area contributed by atoms with Crippen molar-refractivity contribution in [2.75, 3.05) is 6.61 Å². The molecule has 0 aliphatic carbocycles. The van der Waals surface area contributed by atoms with Crippen molar-refractivity contribution < 1.29 is 14.3 Å². The monoisotopic (exact) mass is 336 g/mol. The molecule has 94 valence electrons. The molecular formula is C9H5Cl5O3. The second-order valence-electron chi connectivity index (χ2n) is 2.81. The Morgan fingerprint density at radius 3 is 2.47 bits per heavy atom. The molecule has 0 bridgehead atoms. The van der Waals surface area contributed by atoms with Gasteiger partial charge in [0.2, 0.25) is 3.79 Å². The molecule has 0 amide bonds. The quantitative estimate of drug-likeness (QED) is 0.438. The third-order valence-electron chi connectivity index (χ3n) is 1.46. The highest BCUT2D eigenvalue weighted by Gasteiger charge is 2.23. The number of carbonyl (C=O) groups excluding carboxylic acids is 1. The number of alkyl halides is 3. The third kappa shape index (κ3) is 5.40. The first-order valence-electron chi connectivity index (χ1n) is 4.15. The van der Waals surface area contributed by atoms with Gasteiger partial charge in [0.1, 0.15) is 11.6 Å². The fourth-order valence-electron chi connectivity index (χ4n) is 0.823. The standard InChI is InChI=1S/C9H5Cl5O3/c10-5-2-1-3-6(7(5)11)17-8(15)16-4-9(12,13)14/h1-3H,4H2. The van der Waals surface area contributed by atoms with Crippen LogP contribution in [-0.4, -0.2) is 16.6 Å². The van der Waals surface area contributed by atoms with Crippen molar-refractivity contribution in [3.8, 4) is 5.75 Å². The SMILES string of the molecule is O=C(OCC(Cl)(Cl)Cl)Oc1cccc(Cl)c1Cl. The van der Waals surface area contributed by atoms with E-state index in [2.05, 4.69) is 4.74 Å². The van der Waals surface area contributed by atoms with Gasteiger partial charge in [-0.3, -0.25) is 0 Å². The van der Waals surface area contributed by atoms with Crippen molar-refractivity contribution in [2.24, 2.45) is 0 Å². The molecule has 0 spiro atoms. The number of hydrogen-bond acceptors (Lipinski definition) is 3. The maximum atomic E-state index is 11.2. The Labute approximate surface area is 122 Å². The molecule has 8 heteroatoms. The summed E-state index contributed by atoms with van der Waals surface area (Å²) in [5.41, 5.74) is 0. The van der Waals surface area contributed by atoms with Crippen molar-refractivity contribution in [1.82, 2.24) is 0 Å². The lowest BCUT2D eigenvalue weighted by Gasteiger charge is -2.11. The van der Waals surface area contributed by atoms with Crippen LogP contribution < -0.4 is 4.74 Å². The molecule has 0 radical (unpaired) electrons. The van der Waals surface area contributed by atoms with Gasteiger partial charge in [0.25, 0.3) is 0 Å². The van der Waals surface area contributed by atoms with Crippen molar-refractivity contribution in [3.05, 3.63) is 28.2 Å². The molecule has 0 aliphatic heterocycles.